The summed E-state index contributed by atoms with van der Waals surface area (Å²) < 4.78 is 59.0. The smallest absolute Gasteiger partial charge is 0.243 e. The standard InChI is InChI=1S/C18H22N2O5S2/c21-26(22,19-12-15-25-16-6-2-1-3-7-16)17-8-10-18(11-9-17)27(23,24)20-13-4-5-14-20/h1-3,6-11,19H,4-5,12-15H2. The van der Waals surface area contributed by atoms with E-state index < -0.39 is 20.0 Å². The van der Waals surface area contributed by atoms with E-state index in [4.69, 9.17) is 4.74 Å². The molecule has 1 fully saturated rings. The fraction of sp³-hybridized carbons (Fsp3) is 0.333. The zero-order valence-electron chi connectivity index (χ0n) is 14.7. The van der Waals surface area contributed by atoms with E-state index in [9.17, 15) is 16.8 Å². The molecule has 0 radical (unpaired) electrons. The minimum Gasteiger partial charge on any atom is -0.492 e. The lowest BCUT2D eigenvalue weighted by molar-refractivity contribution is 0.323. The molecule has 3 rings (SSSR count). The van der Waals surface area contributed by atoms with E-state index in [1.165, 1.54) is 28.6 Å². The summed E-state index contributed by atoms with van der Waals surface area (Å²) in [5, 5.41) is 0. The van der Waals surface area contributed by atoms with Crippen LogP contribution in [0.15, 0.2) is 64.4 Å². The van der Waals surface area contributed by atoms with Gasteiger partial charge in [-0.25, -0.2) is 21.6 Å². The molecule has 7 nitrogen and oxygen atoms in total. The van der Waals surface area contributed by atoms with Gasteiger partial charge in [0.15, 0.2) is 0 Å². The second kappa shape index (κ2) is 8.39. The van der Waals surface area contributed by atoms with Gasteiger partial charge in [-0.15, -0.1) is 0 Å². The molecule has 1 aliphatic rings. The van der Waals surface area contributed by atoms with Crippen molar-refractivity contribution in [2.75, 3.05) is 26.2 Å². The average molecular weight is 411 g/mol. The van der Waals surface area contributed by atoms with Gasteiger partial charge in [0.25, 0.3) is 0 Å². The van der Waals surface area contributed by atoms with Gasteiger partial charge in [-0.3, -0.25) is 0 Å². The number of ether oxygens (including phenoxy) is 1. The Hall–Kier alpha value is -1.94. The largest absolute Gasteiger partial charge is 0.492 e. The molecular formula is C18H22N2O5S2. The second-order valence-corrected chi connectivity index (χ2v) is 9.85. The molecule has 1 saturated heterocycles. The topological polar surface area (TPSA) is 92.8 Å². The molecule has 0 amide bonds. The lowest BCUT2D eigenvalue weighted by atomic mass is 10.3. The molecule has 0 spiro atoms. The van der Waals surface area contributed by atoms with Gasteiger partial charge in [-0.05, 0) is 49.2 Å². The van der Waals surface area contributed by atoms with Crippen LogP contribution in [0.4, 0.5) is 0 Å². The number of benzene rings is 2. The normalized spacial score (nSPS) is 15.7. The first-order valence-electron chi connectivity index (χ1n) is 8.67. The van der Waals surface area contributed by atoms with Crippen molar-refractivity contribution < 1.29 is 21.6 Å². The van der Waals surface area contributed by atoms with Crippen LogP contribution in [0, 0.1) is 0 Å². The molecular weight excluding hydrogens is 388 g/mol. The summed E-state index contributed by atoms with van der Waals surface area (Å²) in [7, 11) is -7.29. The maximum absolute atomic E-state index is 12.5. The van der Waals surface area contributed by atoms with Crippen molar-refractivity contribution in [2.24, 2.45) is 0 Å². The Morgan fingerprint density at radius 2 is 1.44 bits per heavy atom. The Labute approximate surface area is 160 Å². The van der Waals surface area contributed by atoms with Gasteiger partial charge in [0.05, 0.1) is 9.79 Å². The van der Waals surface area contributed by atoms with E-state index in [1.807, 2.05) is 18.2 Å². The number of nitrogens with one attached hydrogen (secondary N) is 1. The zero-order valence-corrected chi connectivity index (χ0v) is 16.4. The van der Waals surface area contributed by atoms with Crippen LogP contribution in [0.3, 0.4) is 0 Å². The Bertz CT molecular complexity index is 953. The summed E-state index contributed by atoms with van der Waals surface area (Å²) in [4.78, 5) is 0.123. The maximum Gasteiger partial charge on any atom is 0.243 e. The van der Waals surface area contributed by atoms with Crippen molar-refractivity contribution in [2.45, 2.75) is 22.6 Å². The quantitative estimate of drug-likeness (QED) is 0.670. The van der Waals surface area contributed by atoms with E-state index in [-0.39, 0.29) is 22.9 Å². The third-order valence-corrected chi connectivity index (χ3v) is 7.63. The van der Waals surface area contributed by atoms with Gasteiger partial charge in [0, 0.05) is 19.6 Å². The molecule has 1 N–H and O–H groups in total. The van der Waals surface area contributed by atoms with Crippen molar-refractivity contribution in [1.29, 1.82) is 0 Å². The van der Waals surface area contributed by atoms with Crippen LogP contribution < -0.4 is 9.46 Å². The minimum atomic E-state index is -3.73. The number of nitrogens with zero attached hydrogens (tertiary/aromatic N) is 1. The first-order chi connectivity index (χ1) is 12.9. The Morgan fingerprint density at radius 1 is 0.852 bits per heavy atom. The van der Waals surface area contributed by atoms with Gasteiger partial charge in [-0.1, -0.05) is 18.2 Å². The predicted octanol–water partition coefficient (Wildman–Crippen LogP) is 1.83. The molecule has 146 valence electrons. The molecule has 9 heteroatoms. The molecule has 27 heavy (non-hydrogen) atoms. The SMILES string of the molecule is O=S(=O)(NCCOc1ccccc1)c1ccc(S(=O)(=O)N2CCCC2)cc1. The molecule has 0 atom stereocenters. The highest BCUT2D eigenvalue weighted by Crippen LogP contribution is 2.22. The molecule has 0 bridgehead atoms. The molecule has 2 aromatic carbocycles. The van der Waals surface area contributed by atoms with Crippen LogP contribution in [-0.4, -0.2) is 47.4 Å². The van der Waals surface area contributed by atoms with Crippen LogP contribution >= 0.6 is 0 Å². The van der Waals surface area contributed by atoms with E-state index in [2.05, 4.69) is 4.72 Å². The molecule has 0 saturated carbocycles. The van der Waals surface area contributed by atoms with Gasteiger partial charge in [0.2, 0.25) is 20.0 Å². The molecule has 0 unspecified atom stereocenters. The van der Waals surface area contributed by atoms with Gasteiger partial charge in [0.1, 0.15) is 12.4 Å². The van der Waals surface area contributed by atoms with Crippen molar-refractivity contribution in [1.82, 2.24) is 9.03 Å². The highest BCUT2D eigenvalue weighted by molar-refractivity contribution is 7.89. The zero-order chi connectivity index (χ0) is 19.3. The summed E-state index contributed by atoms with van der Waals surface area (Å²) in [5.74, 6) is 0.660. The highest BCUT2D eigenvalue weighted by atomic mass is 32.2. The van der Waals surface area contributed by atoms with E-state index in [0.717, 1.165) is 12.8 Å². The van der Waals surface area contributed by atoms with E-state index in [0.29, 0.717) is 18.8 Å². The summed E-state index contributed by atoms with van der Waals surface area (Å²) in [6.45, 7) is 1.30. The summed E-state index contributed by atoms with van der Waals surface area (Å²) >= 11 is 0. The number of sulfonamides is 2. The van der Waals surface area contributed by atoms with E-state index in [1.54, 1.807) is 12.1 Å². The van der Waals surface area contributed by atoms with Crippen LogP contribution in [0.2, 0.25) is 0 Å². The van der Waals surface area contributed by atoms with Crippen molar-refractivity contribution in [3.05, 3.63) is 54.6 Å². The summed E-state index contributed by atoms with van der Waals surface area (Å²) in [6, 6.07) is 14.4. The first kappa shape index (κ1) is 19.8. The average Bonchev–Trinajstić information content (AvgIpc) is 3.22. The van der Waals surface area contributed by atoms with Crippen LogP contribution in [0.1, 0.15) is 12.8 Å². The number of hydrogen-bond donors (Lipinski definition) is 1. The second-order valence-electron chi connectivity index (χ2n) is 6.14. The van der Waals surface area contributed by atoms with Crippen molar-refractivity contribution in [3.63, 3.8) is 0 Å². The monoisotopic (exact) mass is 410 g/mol. The van der Waals surface area contributed by atoms with E-state index >= 15 is 0 Å². The number of rotatable bonds is 8. The van der Waals surface area contributed by atoms with Crippen molar-refractivity contribution in [3.8, 4) is 5.75 Å². The summed E-state index contributed by atoms with van der Waals surface area (Å²) in [6.07, 6.45) is 1.70. The minimum absolute atomic E-state index is 0.0163. The van der Waals surface area contributed by atoms with Crippen LogP contribution in [-0.2, 0) is 20.0 Å². The Morgan fingerprint density at radius 3 is 2.07 bits per heavy atom. The predicted molar refractivity (Wildman–Crippen MR) is 102 cm³/mol. The third-order valence-electron chi connectivity index (χ3n) is 4.24. The first-order valence-corrected chi connectivity index (χ1v) is 11.6. The summed E-state index contributed by atoms with van der Waals surface area (Å²) in [5.41, 5.74) is 0. The molecule has 0 aliphatic carbocycles. The number of para-hydroxylation sites is 1. The third kappa shape index (κ3) is 4.86. The molecule has 1 aliphatic heterocycles. The number of hydrogen-bond acceptors (Lipinski definition) is 5. The van der Waals surface area contributed by atoms with Crippen LogP contribution in [0.5, 0.6) is 5.75 Å². The highest BCUT2D eigenvalue weighted by Gasteiger charge is 2.27. The Kier molecular flexibility index (Phi) is 6.15. The lowest BCUT2D eigenvalue weighted by Crippen LogP contribution is -2.29. The molecule has 1 heterocycles. The van der Waals surface area contributed by atoms with Gasteiger partial charge < -0.3 is 4.74 Å². The van der Waals surface area contributed by atoms with Gasteiger partial charge in [-0.2, -0.15) is 4.31 Å². The molecule has 0 aromatic heterocycles. The maximum atomic E-state index is 12.5. The fourth-order valence-corrected chi connectivity index (χ4v) is 5.34. The fourth-order valence-electron chi connectivity index (χ4n) is 2.81. The lowest BCUT2D eigenvalue weighted by Gasteiger charge is -2.15. The van der Waals surface area contributed by atoms with Gasteiger partial charge >= 0.3 is 0 Å². The van der Waals surface area contributed by atoms with Crippen LogP contribution in [0.25, 0.3) is 0 Å². The molecule has 2 aromatic rings. The Balaban J connectivity index is 1.59. The van der Waals surface area contributed by atoms with Crippen molar-refractivity contribution >= 4 is 20.0 Å².